The first-order valence-electron chi connectivity index (χ1n) is 10.3. The van der Waals surface area contributed by atoms with E-state index in [1.165, 1.54) is 37.6 Å². The molecule has 2 amide bonds. The fraction of sp³-hybridized carbons (Fsp3) is 0.450. The number of nitriles is 1. The number of hydrogen-bond donors (Lipinski definition) is 0. The molecule has 17 heteroatoms. The standard InChI is InChI=1S/C10H9ClN4S.C10H18N4O4S3/c11-9-2-1-8(5-13-9)6-15-3-4-16-10(15)14-7-12;1-7(19-5)11-17-9(15)13(3)21-14(4)10(16)18-12-8(2)20-6/h1-2,5H,3-4,6H2;1-6H3/b;11-7-,12-8-. The highest BCUT2D eigenvalue weighted by atomic mass is 35.5. The average molecular weight is 607 g/mol. The Morgan fingerprint density at radius 1 is 1.16 bits per heavy atom. The van der Waals surface area contributed by atoms with Crippen molar-refractivity contribution in [2.24, 2.45) is 15.3 Å². The lowest BCUT2D eigenvalue weighted by atomic mass is 10.3. The number of carbonyl (C=O) groups excluding carboxylic acids is 2. The summed E-state index contributed by atoms with van der Waals surface area (Å²) in [5.74, 6) is 0.974. The van der Waals surface area contributed by atoms with Gasteiger partial charge in [-0.3, -0.25) is 9.68 Å². The Balaban J connectivity index is 0.000000381. The van der Waals surface area contributed by atoms with E-state index in [0.717, 1.165) is 50.3 Å². The van der Waals surface area contributed by atoms with Crippen LogP contribution in [-0.2, 0) is 16.2 Å². The van der Waals surface area contributed by atoms with Crippen LogP contribution in [0.4, 0.5) is 9.59 Å². The van der Waals surface area contributed by atoms with Crippen molar-refractivity contribution in [3.63, 3.8) is 0 Å². The number of pyridine rings is 1. The summed E-state index contributed by atoms with van der Waals surface area (Å²) in [6, 6.07) is 3.70. The Kier molecular flexibility index (Phi) is 15.9. The van der Waals surface area contributed by atoms with Crippen LogP contribution in [0.25, 0.3) is 0 Å². The number of aromatic nitrogens is 1. The Morgan fingerprint density at radius 2 is 1.73 bits per heavy atom. The van der Waals surface area contributed by atoms with Crippen LogP contribution in [0.1, 0.15) is 19.4 Å². The zero-order chi connectivity index (χ0) is 27.8. The van der Waals surface area contributed by atoms with Crippen molar-refractivity contribution >= 4 is 86.5 Å². The van der Waals surface area contributed by atoms with E-state index in [1.54, 1.807) is 37.9 Å². The molecule has 37 heavy (non-hydrogen) atoms. The number of thioether (sulfide) groups is 3. The highest BCUT2D eigenvalue weighted by Gasteiger charge is 2.20. The summed E-state index contributed by atoms with van der Waals surface area (Å²) in [6.07, 6.45) is 5.77. The van der Waals surface area contributed by atoms with Crippen LogP contribution in [0.5, 0.6) is 0 Å². The SMILES string of the molecule is CS/C(C)=N\OC(=O)N(C)SN(C)C(=O)O/N=C(/C)SC.N#CN=C1SCCN1Cc1ccc(Cl)nc1. The summed E-state index contributed by atoms with van der Waals surface area (Å²) in [5.41, 5.74) is 1.07. The van der Waals surface area contributed by atoms with Crippen molar-refractivity contribution in [1.82, 2.24) is 18.5 Å². The van der Waals surface area contributed by atoms with E-state index in [1.807, 2.05) is 24.8 Å². The molecule has 0 radical (unpaired) electrons. The smallest absolute Gasteiger partial charge is 0.345 e. The van der Waals surface area contributed by atoms with E-state index < -0.39 is 12.2 Å². The first-order chi connectivity index (χ1) is 17.6. The van der Waals surface area contributed by atoms with E-state index in [0.29, 0.717) is 15.2 Å². The first kappa shape index (κ1) is 32.7. The Labute approximate surface area is 238 Å². The van der Waals surface area contributed by atoms with Crippen LogP contribution in [-0.4, -0.2) is 84.8 Å². The molecule has 0 aliphatic carbocycles. The van der Waals surface area contributed by atoms with Gasteiger partial charge in [-0.25, -0.2) is 23.2 Å². The molecule has 0 aromatic carbocycles. The Morgan fingerprint density at radius 3 is 2.19 bits per heavy atom. The minimum Gasteiger partial charge on any atom is -0.345 e. The third-order valence-electron chi connectivity index (χ3n) is 4.03. The predicted molar refractivity (Wildman–Crippen MR) is 154 cm³/mol. The van der Waals surface area contributed by atoms with Gasteiger partial charge in [0.25, 0.3) is 0 Å². The predicted octanol–water partition coefficient (Wildman–Crippen LogP) is 5.20. The number of halogens is 1. The summed E-state index contributed by atoms with van der Waals surface area (Å²) in [5, 5.41) is 18.2. The molecule has 0 atom stereocenters. The lowest BCUT2D eigenvalue weighted by Gasteiger charge is -2.19. The second kappa shape index (κ2) is 18.0. The lowest BCUT2D eigenvalue weighted by Crippen LogP contribution is -2.28. The Bertz CT molecular complexity index is 998. The van der Waals surface area contributed by atoms with Crippen LogP contribution < -0.4 is 0 Å². The van der Waals surface area contributed by atoms with Crippen LogP contribution in [0.2, 0.25) is 5.15 Å². The number of aliphatic imine (C=N–C) groups is 1. The van der Waals surface area contributed by atoms with E-state index in [4.69, 9.17) is 16.9 Å². The van der Waals surface area contributed by atoms with E-state index in [9.17, 15) is 9.59 Å². The zero-order valence-corrected chi connectivity index (χ0v) is 25.1. The maximum absolute atomic E-state index is 11.6. The molecule has 1 saturated heterocycles. The number of oxime groups is 2. The van der Waals surface area contributed by atoms with Gasteiger partial charge in [0.2, 0.25) is 6.19 Å². The Hall–Kier alpha value is -2.32. The van der Waals surface area contributed by atoms with Crippen molar-refractivity contribution < 1.29 is 19.3 Å². The van der Waals surface area contributed by atoms with Crippen LogP contribution in [0.15, 0.2) is 33.6 Å². The first-order valence-corrected chi connectivity index (χ1v) is 14.8. The summed E-state index contributed by atoms with van der Waals surface area (Å²) in [4.78, 5) is 42.4. The van der Waals surface area contributed by atoms with Gasteiger partial charge in [-0.05, 0) is 38.0 Å². The summed E-state index contributed by atoms with van der Waals surface area (Å²) >= 11 is 10.8. The van der Waals surface area contributed by atoms with Gasteiger partial charge < -0.3 is 4.90 Å². The van der Waals surface area contributed by atoms with Crippen molar-refractivity contribution in [3.05, 3.63) is 29.0 Å². The monoisotopic (exact) mass is 606 g/mol. The molecule has 1 aliphatic heterocycles. The van der Waals surface area contributed by atoms with Crippen molar-refractivity contribution in [2.45, 2.75) is 20.4 Å². The van der Waals surface area contributed by atoms with E-state index in [-0.39, 0.29) is 0 Å². The number of amidine groups is 1. The molecule has 1 aromatic heterocycles. The number of rotatable bonds is 6. The number of nitrogens with zero attached hydrogens (tertiary/aromatic N) is 8. The summed E-state index contributed by atoms with van der Waals surface area (Å²) in [7, 11) is 2.88. The largest absolute Gasteiger partial charge is 0.447 e. The number of amides is 2. The molecule has 1 fully saturated rings. The molecule has 0 saturated carbocycles. The van der Waals surface area contributed by atoms with Crippen LogP contribution >= 0.6 is 59.0 Å². The van der Waals surface area contributed by atoms with Gasteiger partial charge in [0, 0.05) is 39.1 Å². The third-order valence-corrected chi connectivity index (χ3v) is 7.36. The molecule has 0 unspecified atom stereocenters. The molecule has 1 aromatic rings. The quantitative estimate of drug-likeness (QED) is 0.0803. The molecule has 202 valence electrons. The van der Waals surface area contributed by atoms with Gasteiger partial charge in [0.05, 0.1) is 12.1 Å². The molecule has 0 bridgehead atoms. The maximum atomic E-state index is 11.6. The zero-order valence-electron chi connectivity index (χ0n) is 21.1. The van der Waals surface area contributed by atoms with Gasteiger partial charge in [0.15, 0.2) is 5.17 Å². The van der Waals surface area contributed by atoms with Crippen LogP contribution in [0, 0.1) is 11.5 Å². The molecule has 2 rings (SSSR count). The van der Waals surface area contributed by atoms with Gasteiger partial charge in [-0.2, -0.15) is 5.26 Å². The van der Waals surface area contributed by atoms with Crippen molar-refractivity contribution in [2.75, 3.05) is 38.9 Å². The number of carbonyl (C=O) groups is 2. The van der Waals surface area contributed by atoms with Crippen molar-refractivity contribution in [1.29, 1.82) is 5.26 Å². The molecular formula is C20H27ClN8O4S4. The van der Waals surface area contributed by atoms with Gasteiger partial charge in [-0.1, -0.05) is 39.7 Å². The van der Waals surface area contributed by atoms with Gasteiger partial charge >= 0.3 is 12.2 Å². The maximum Gasteiger partial charge on any atom is 0.447 e. The fourth-order valence-corrected chi connectivity index (χ4v) is 3.93. The topological polar surface area (TPSA) is 136 Å². The molecular weight excluding hydrogens is 580 g/mol. The molecule has 2 heterocycles. The van der Waals surface area contributed by atoms with E-state index in [2.05, 4.69) is 34.9 Å². The molecule has 0 N–H and O–H groups in total. The van der Waals surface area contributed by atoms with Gasteiger partial charge in [-0.15, -0.1) is 28.5 Å². The molecule has 1 aliphatic rings. The summed E-state index contributed by atoms with van der Waals surface area (Å²) < 4.78 is 2.20. The molecule has 0 spiro atoms. The number of hydrogen-bond acceptors (Lipinski definition) is 13. The summed E-state index contributed by atoms with van der Waals surface area (Å²) in [6.45, 7) is 5.05. The van der Waals surface area contributed by atoms with Crippen LogP contribution in [0.3, 0.4) is 0 Å². The van der Waals surface area contributed by atoms with Crippen molar-refractivity contribution in [3.8, 4) is 6.19 Å². The normalized spacial score (nSPS) is 14.4. The fourth-order valence-electron chi connectivity index (χ4n) is 2.09. The molecule has 12 nitrogen and oxygen atoms in total. The third kappa shape index (κ3) is 13.2. The lowest BCUT2D eigenvalue weighted by molar-refractivity contribution is 0.131. The second-order valence-corrected chi connectivity index (χ2v) is 11.4. The highest BCUT2D eigenvalue weighted by Crippen LogP contribution is 2.20. The minimum atomic E-state index is -0.711. The van der Waals surface area contributed by atoms with E-state index >= 15 is 0 Å². The second-order valence-electron chi connectivity index (χ2n) is 6.67. The minimum absolute atomic E-state index is 0.491. The highest BCUT2D eigenvalue weighted by molar-refractivity contribution is 8.14. The van der Waals surface area contributed by atoms with Gasteiger partial charge in [0.1, 0.15) is 15.2 Å². The average Bonchev–Trinajstić information content (AvgIpc) is 3.33.